The van der Waals surface area contributed by atoms with Gasteiger partial charge in [0.15, 0.2) is 0 Å². The van der Waals surface area contributed by atoms with Gasteiger partial charge in [0, 0.05) is 20.2 Å². The van der Waals surface area contributed by atoms with Crippen LogP contribution in [-0.2, 0) is 9.53 Å². The normalized spacial score (nSPS) is 21.1. The van der Waals surface area contributed by atoms with Crippen LogP contribution in [0.4, 0.5) is 0 Å². The molecule has 1 aliphatic heterocycles. The molecule has 1 aliphatic rings. The van der Waals surface area contributed by atoms with Gasteiger partial charge < -0.3 is 15.0 Å². The van der Waals surface area contributed by atoms with Gasteiger partial charge in [-0.15, -0.1) is 0 Å². The highest BCUT2D eigenvalue weighted by molar-refractivity contribution is 5.81. The van der Waals surface area contributed by atoms with Crippen LogP contribution in [0.15, 0.2) is 0 Å². The number of nitrogens with one attached hydrogen (secondary N) is 1. The summed E-state index contributed by atoms with van der Waals surface area (Å²) in [5.41, 5.74) is 0. The van der Waals surface area contributed by atoms with Gasteiger partial charge in [0.2, 0.25) is 5.91 Å². The van der Waals surface area contributed by atoms with Crippen molar-refractivity contribution in [3.63, 3.8) is 0 Å². The molecule has 0 radical (unpaired) electrons. The van der Waals surface area contributed by atoms with Gasteiger partial charge in [-0.25, -0.2) is 0 Å². The van der Waals surface area contributed by atoms with Crippen molar-refractivity contribution in [2.24, 2.45) is 0 Å². The molecule has 1 rings (SSSR count). The molecule has 1 saturated heterocycles. The molecule has 14 heavy (non-hydrogen) atoms. The monoisotopic (exact) mass is 200 g/mol. The molecule has 4 nitrogen and oxygen atoms in total. The van der Waals surface area contributed by atoms with Crippen molar-refractivity contribution in [1.82, 2.24) is 10.2 Å². The minimum Gasteiger partial charge on any atom is -0.380 e. The number of amides is 1. The third kappa shape index (κ3) is 3.27. The molecule has 4 heteroatoms. The molecule has 0 saturated carbocycles. The lowest BCUT2D eigenvalue weighted by atomic mass is 10.2. The van der Waals surface area contributed by atoms with Gasteiger partial charge >= 0.3 is 0 Å². The minimum absolute atomic E-state index is 0.0432. The summed E-state index contributed by atoms with van der Waals surface area (Å²) in [6.07, 6.45) is 2.08. The summed E-state index contributed by atoms with van der Waals surface area (Å²) in [6.45, 7) is 4.95. The standard InChI is InChI=1S/C10H20N2O2/c1-3-14-8-7-12(2)10(13)9-5-4-6-11-9/h9,11H,3-8H2,1-2H3. The summed E-state index contributed by atoms with van der Waals surface area (Å²) in [5, 5.41) is 3.20. The predicted octanol–water partition coefficient (Wildman–Crippen LogP) is 0.233. The largest absolute Gasteiger partial charge is 0.380 e. The summed E-state index contributed by atoms with van der Waals surface area (Å²) in [7, 11) is 1.83. The number of nitrogens with zero attached hydrogens (tertiary/aromatic N) is 1. The quantitative estimate of drug-likeness (QED) is 0.646. The molecular formula is C10H20N2O2. The van der Waals surface area contributed by atoms with Crippen LogP contribution < -0.4 is 5.32 Å². The van der Waals surface area contributed by atoms with Gasteiger partial charge in [0.05, 0.1) is 12.6 Å². The van der Waals surface area contributed by atoms with Crippen molar-refractivity contribution in [3.8, 4) is 0 Å². The Labute approximate surface area is 85.6 Å². The number of carbonyl (C=O) groups is 1. The van der Waals surface area contributed by atoms with Crippen molar-refractivity contribution >= 4 is 5.91 Å². The number of hydrogen-bond acceptors (Lipinski definition) is 3. The van der Waals surface area contributed by atoms with E-state index in [2.05, 4.69) is 5.32 Å². The van der Waals surface area contributed by atoms with E-state index >= 15 is 0 Å². The Morgan fingerprint density at radius 3 is 3.00 bits per heavy atom. The van der Waals surface area contributed by atoms with Crippen LogP contribution in [0.2, 0.25) is 0 Å². The minimum atomic E-state index is 0.0432. The lowest BCUT2D eigenvalue weighted by Gasteiger charge is -2.20. The van der Waals surface area contributed by atoms with Crippen molar-refractivity contribution in [2.45, 2.75) is 25.8 Å². The van der Waals surface area contributed by atoms with Crippen LogP contribution in [0.3, 0.4) is 0 Å². The lowest BCUT2D eigenvalue weighted by molar-refractivity contribution is -0.132. The van der Waals surface area contributed by atoms with Gasteiger partial charge in [-0.2, -0.15) is 0 Å². The van der Waals surface area contributed by atoms with E-state index in [4.69, 9.17) is 4.74 Å². The van der Waals surface area contributed by atoms with Crippen molar-refractivity contribution < 1.29 is 9.53 Å². The highest BCUT2D eigenvalue weighted by Gasteiger charge is 2.24. The van der Waals surface area contributed by atoms with Crippen LogP contribution in [-0.4, -0.2) is 50.2 Å². The molecule has 0 aliphatic carbocycles. The van der Waals surface area contributed by atoms with Gasteiger partial charge in [-0.1, -0.05) is 0 Å². The molecule has 0 aromatic heterocycles. The highest BCUT2D eigenvalue weighted by Crippen LogP contribution is 2.07. The molecule has 1 heterocycles. The van der Waals surface area contributed by atoms with E-state index in [0.717, 1.165) is 19.4 Å². The molecular weight excluding hydrogens is 180 g/mol. The first kappa shape index (κ1) is 11.5. The maximum atomic E-state index is 11.7. The molecule has 0 spiro atoms. The zero-order valence-electron chi connectivity index (χ0n) is 9.08. The summed E-state index contributed by atoms with van der Waals surface area (Å²) >= 11 is 0. The van der Waals surface area contributed by atoms with Crippen LogP contribution in [0.25, 0.3) is 0 Å². The van der Waals surface area contributed by atoms with Gasteiger partial charge in [-0.3, -0.25) is 4.79 Å². The Balaban J connectivity index is 2.21. The summed E-state index contributed by atoms with van der Waals surface area (Å²) in [6, 6.07) is 0.0432. The average Bonchev–Trinajstić information content (AvgIpc) is 2.69. The number of hydrogen-bond donors (Lipinski definition) is 1. The van der Waals surface area contributed by atoms with E-state index in [9.17, 15) is 4.79 Å². The Hall–Kier alpha value is -0.610. The average molecular weight is 200 g/mol. The highest BCUT2D eigenvalue weighted by atomic mass is 16.5. The molecule has 1 unspecified atom stereocenters. The zero-order valence-corrected chi connectivity index (χ0v) is 9.08. The van der Waals surface area contributed by atoms with Crippen molar-refractivity contribution in [3.05, 3.63) is 0 Å². The van der Waals surface area contributed by atoms with E-state index in [0.29, 0.717) is 19.8 Å². The molecule has 82 valence electrons. The van der Waals surface area contributed by atoms with E-state index in [-0.39, 0.29) is 11.9 Å². The summed E-state index contributed by atoms with van der Waals surface area (Å²) in [4.78, 5) is 13.5. The van der Waals surface area contributed by atoms with E-state index in [1.165, 1.54) is 0 Å². The first-order valence-electron chi connectivity index (χ1n) is 5.31. The van der Waals surface area contributed by atoms with E-state index in [1.807, 2.05) is 14.0 Å². The van der Waals surface area contributed by atoms with E-state index < -0.39 is 0 Å². The Bertz CT molecular complexity index is 179. The Kier molecular flexibility index (Phi) is 4.90. The van der Waals surface area contributed by atoms with Gasteiger partial charge in [0.1, 0.15) is 0 Å². The SMILES string of the molecule is CCOCCN(C)C(=O)C1CCCN1. The van der Waals surface area contributed by atoms with Crippen LogP contribution in [0.5, 0.6) is 0 Å². The maximum Gasteiger partial charge on any atom is 0.239 e. The van der Waals surface area contributed by atoms with Crippen molar-refractivity contribution in [1.29, 1.82) is 0 Å². The smallest absolute Gasteiger partial charge is 0.239 e. The fraction of sp³-hybridized carbons (Fsp3) is 0.900. The third-order valence-corrected chi connectivity index (χ3v) is 2.51. The molecule has 0 bridgehead atoms. The second-order valence-corrected chi connectivity index (χ2v) is 3.61. The van der Waals surface area contributed by atoms with Crippen LogP contribution in [0, 0.1) is 0 Å². The number of rotatable bonds is 5. The first-order valence-corrected chi connectivity index (χ1v) is 5.31. The fourth-order valence-electron chi connectivity index (χ4n) is 1.62. The zero-order chi connectivity index (χ0) is 10.4. The molecule has 0 aromatic rings. The second-order valence-electron chi connectivity index (χ2n) is 3.61. The van der Waals surface area contributed by atoms with E-state index in [1.54, 1.807) is 4.90 Å². The predicted molar refractivity (Wildman–Crippen MR) is 55.2 cm³/mol. The third-order valence-electron chi connectivity index (χ3n) is 2.51. The summed E-state index contributed by atoms with van der Waals surface area (Å²) in [5.74, 6) is 0.196. The molecule has 1 atom stereocenters. The molecule has 1 N–H and O–H groups in total. The lowest BCUT2D eigenvalue weighted by Crippen LogP contribution is -2.42. The van der Waals surface area contributed by atoms with Crippen LogP contribution in [0.1, 0.15) is 19.8 Å². The first-order chi connectivity index (χ1) is 6.75. The molecule has 1 fully saturated rings. The second kappa shape index (κ2) is 5.98. The molecule has 0 aromatic carbocycles. The topological polar surface area (TPSA) is 41.6 Å². The van der Waals surface area contributed by atoms with Crippen molar-refractivity contribution in [2.75, 3.05) is 33.4 Å². The molecule has 1 amide bonds. The number of ether oxygens (including phenoxy) is 1. The van der Waals surface area contributed by atoms with Gasteiger partial charge in [0.25, 0.3) is 0 Å². The number of likely N-dealkylation sites (N-methyl/N-ethyl adjacent to an activating group) is 1. The number of carbonyl (C=O) groups excluding carboxylic acids is 1. The Morgan fingerprint density at radius 2 is 2.43 bits per heavy atom. The Morgan fingerprint density at radius 1 is 1.64 bits per heavy atom. The fourth-order valence-corrected chi connectivity index (χ4v) is 1.62. The maximum absolute atomic E-state index is 11.7. The van der Waals surface area contributed by atoms with Gasteiger partial charge in [-0.05, 0) is 26.3 Å². The summed E-state index contributed by atoms with van der Waals surface area (Å²) < 4.78 is 5.20. The van der Waals surface area contributed by atoms with Crippen LogP contribution >= 0.6 is 0 Å².